The second-order valence-electron chi connectivity index (χ2n) is 10.1. The number of piperidine rings is 1. The van der Waals surface area contributed by atoms with E-state index in [4.69, 9.17) is 4.74 Å². The van der Waals surface area contributed by atoms with Crippen molar-refractivity contribution >= 4 is 33.8 Å². The molecule has 4 heterocycles. The van der Waals surface area contributed by atoms with E-state index in [-0.39, 0.29) is 5.91 Å². The molecule has 9 heteroatoms. The topological polar surface area (TPSA) is 88.7 Å². The van der Waals surface area contributed by atoms with Crippen molar-refractivity contribution in [2.24, 2.45) is 7.05 Å². The highest BCUT2D eigenvalue weighted by Gasteiger charge is 2.23. The number of hydrogen-bond donors (Lipinski definition) is 2. The Morgan fingerprint density at radius 3 is 2.64 bits per heavy atom. The Labute approximate surface area is 227 Å². The summed E-state index contributed by atoms with van der Waals surface area (Å²) in [6.45, 7) is 7.03. The van der Waals surface area contributed by atoms with Gasteiger partial charge in [-0.15, -0.1) is 0 Å². The van der Waals surface area contributed by atoms with Crippen LogP contribution in [-0.2, 0) is 7.05 Å². The molecule has 39 heavy (non-hydrogen) atoms. The summed E-state index contributed by atoms with van der Waals surface area (Å²) in [6, 6.07) is 15.9. The lowest BCUT2D eigenvalue weighted by molar-refractivity contribution is 0.102. The smallest absolute Gasteiger partial charge is 0.257 e. The average molecular weight is 524 g/mol. The Balaban J connectivity index is 1.29. The molecule has 5 aromatic rings. The molecule has 1 aliphatic rings. The number of imidazole rings is 1. The number of amides is 1. The monoisotopic (exact) mass is 523 g/mol. The quantitative estimate of drug-likeness (QED) is 0.307. The lowest BCUT2D eigenvalue weighted by Crippen LogP contribution is -2.42. The zero-order chi connectivity index (χ0) is 26.9. The van der Waals surface area contributed by atoms with E-state index < -0.39 is 0 Å². The number of rotatable bonds is 7. The van der Waals surface area contributed by atoms with Crippen LogP contribution in [0.15, 0.2) is 67.1 Å². The van der Waals surface area contributed by atoms with Crippen molar-refractivity contribution < 1.29 is 9.53 Å². The summed E-state index contributed by atoms with van der Waals surface area (Å²) in [7, 11) is 1.89. The molecule has 0 spiro atoms. The summed E-state index contributed by atoms with van der Waals surface area (Å²) in [5.41, 5.74) is 4.50. The number of anilines is 2. The van der Waals surface area contributed by atoms with Crippen molar-refractivity contribution in [1.29, 1.82) is 0 Å². The van der Waals surface area contributed by atoms with Crippen LogP contribution in [0.2, 0.25) is 0 Å². The molecule has 200 valence electrons. The molecule has 0 radical (unpaired) electrons. The van der Waals surface area contributed by atoms with Crippen molar-refractivity contribution in [3.05, 3.63) is 78.4 Å². The van der Waals surface area contributed by atoms with E-state index in [0.717, 1.165) is 49.2 Å². The van der Waals surface area contributed by atoms with E-state index in [9.17, 15) is 4.79 Å². The number of nitrogens with one attached hydrogen (secondary N) is 2. The number of pyridine rings is 1. The molecule has 1 fully saturated rings. The van der Waals surface area contributed by atoms with Gasteiger partial charge in [0.2, 0.25) is 0 Å². The van der Waals surface area contributed by atoms with E-state index >= 15 is 0 Å². The first-order valence-corrected chi connectivity index (χ1v) is 13.5. The molecule has 3 aromatic heterocycles. The minimum absolute atomic E-state index is 0.224. The molecule has 0 bridgehead atoms. The highest BCUT2D eigenvalue weighted by atomic mass is 16.5. The Kier molecular flexibility index (Phi) is 6.66. The highest BCUT2D eigenvalue weighted by Crippen LogP contribution is 2.32. The maximum Gasteiger partial charge on any atom is 0.257 e. The zero-order valence-corrected chi connectivity index (χ0v) is 22.5. The SMILES string of the molecule is CCNC1CCN(c2ccc(C(=O)Nc3cc(Oc4ccccc4)c4nc(C)cn4c3)c3nn(C)cc23)CC1. The summed E-state index contributed by atoms with van der Waals surface area (Å²) in [5.74, 6) is 1.04. The van der Waals surface area contributed by atoms with Crippen molar-refractivity contribution in [1.82, 2.24) is 24.5 Å². The normalized spacial score (nSPS) is 14.3. The largest absolute Gasteiger partial charge is 0.453 e. The fourth-order valence-electron chi connectivity index (χ4n) is 5.43. The van der Waals surface area contributed by atoms with Crippen molar-refractivity contribution in [2.45, 2.75) is 32.7 Å². The van der Waals surface area contributed by atoms with Crippen molar-refractivity contribution in [3.63, 3.8) is 0 Å². The van der Waals surface area contributed by atoms with Gasteiger partial charge < -0.3 is 24.7 Å². The fourth-order valence-corrected chi connectivity index (χ4v) is 5.43. The predicted molar refractivity (Wildman–Crippen MR) is 154 cm³/mol. The molecule has 2 aromatic carbocycles. The number of hydrogen-bond acceptors (Lipinski definition) is 6. The Morgan fingerprint density at radius 2 is 1.87 bits per heavy atom. The van der Waals surface area contributed by atoms with Crippen LogP contribution in [-0.4, -0.2) is 50.7 Å². The van der Waals surface area contributed by atoms with Gasteiger partial charge in [-0.25, -0.2) is 4.98 Å². The molecule has 0 aliphatic carbocycles. The summed E-state index contributed by atoms with van der Waals surface area (Å²) < 4.78 is 9.81. The van der Waals surface area contributed by atoms with E-state index in [1.54, 1.807) is 4.68 Å². The summed E-state index contributed by atoms with van der Waals surface area (Å²) in [4.78, 5) is 20.6. The van der Waals surface area contributed by atoms with Gasteiger partial charge >= 0.3 is 0 Å². The molecular weight excluding hydrogens is 490 g/mol. The molecule has 0 saturated carbocycles. The number of benzene rings is 2. The van der Waals surface area contributed by atoms with Crippen molar-refractivity contribution in [3.8, 4) is 11.5 Å². The van der Waals surface area contributed by atoms with E-state index in [1.807, 2.05) is 79.4 Å². The molecule has 0 unspecified atom stereocenters. The van der Waals surface area contributed by atoms with E-state index in [0.29, 0.717) is 40.0 Å². The van der Waals surface area contributed by atoms with Crippen LogP contribution in [0, 0.1) is 6.92 Å². The maximum atomic E-state index is 13.6. The third-order valence-corrected chi connectivity index (χ3v) is 7.21. The Morgan fingerprint density at radius 1 is 1.08 bits per heavy atom. The van der Waals surface area contributed by atoms with Gasteiger partial charge in [-0.2, -0.15) is 5.10 Å². The van der Waals surface area contributed by atoms with Gasteiger partial charge in [-0.1, -0.05) is 25.1 Å². The third-order valence-electron chi connectivity index (χ3n) is 7.21. The first-order chi connectivity index (χ1) is 19.0. The van der Waals surface area contributed by atoms with Gasteiger partial charge in [0.05, 0.1) is 16.9 Å². The average Bonchev–Trinajstić information content (AvgIpc) is 3.51. The number of carbonyl (C=O) groups is 1. The van der Waals surface area contributed by atoms with Crippen LogP contribution in [0.5, 0.6) is 11.5 Å². The summed E-state index contributed by atoms with van der Waals surface area (Å²) in [6.07, 6.45) is 7.96. The van der Waals surface area contributed by atoms with E-state index in [1.165, 1.54) is 0 Å². The van der Waals surface area contributed by atoms with Gasteiger partial charge in [0.25, 0.3) is 5.91 Å². The molecule has 6 rings (SSSR count). The van der Waals surface area contributed by atoms with Crippen molar-refractivity contribution in [2.75, 3.05) is 29.9 Å². The number of aryl methyl sites for hydroxylation is 2. The summed E-state index contributed by atoms with van der Waals surface area (Å²) in [5, 5.41) is 12.3. The number of fused-ring (bicyclic) bond motifs is 2. The number of aromatic nitrogens is 4. The summed E-state index contributed by atoms with van der Waals surface area (Å²) >= 11 is 0. The van der Waals surface area contributed by atoms with Crippen LogP contribution in [0.1, 0.15) is 35.8 Å². The molecule has 2 N–H and O–H groups in total. The number of carbonyl (C=O) groups excluding carboxylic acids is 1. The molecule has 9 nitrogen and oxygen atoms in total. The van der Waals surface area contributed by atoms with Gasteiger partial charge in [0.1, 0.15) is 11.3 Å². The second-order valence-corrected chi connectivity index (χ2v) is 10.1. The highest BCUT2D eigenvalue weighted by molar-refractivity contribution is 6.14. The lowest BCUT2D eigenvalue weighted by Gasteiger charge is -2.34. The molecule has 1 aliphatic heterocycles. The second kappa shape index (κ2) is 10.4. The van der Waals surface area contributed by atoms with Crippen LogP contribution in [0.4, 0.5) is 11.4 Å². The van der Waals surface area contributed by atoms with Gasteiger partial charge in [0, 0.05) is 61.9 Å². The number of nitrogens with zero attached hydrogens (tertiary/aromatic N) is 5. The predicted octanol–water partition coefficient (Wildman–Crippen LogP) is 5.15. The third kappa shape index (κ3) is 5.05. The van der Waals surface area contributed by atoms with E-state index in [2.05, 4.69) is 38.6 Å². The minimum atomic E-state index is -0.224. The Bertz CT molecular complexity index is 1630. The standard InChI is InChI=1S/C30H33N7O2/c1-4-31-21-12-14-36(15-13-21)26-11-10-24(28-25(26)19-35(3)34-28)30(38)33-22-16-27(39-23-8-6-5-7-9-23)29-32-20(2)17-37(29)18-22/h5-11,16-19,21,31H,4,12-15H2,1-3H3,(H,33,38). The fraction of sp³-hybridized carbons (Fsp3) is 0.300. The first kappa shape index (κ1) is 24.9. The lowest BCUT2D eigenvalue weighted by atomic mass is 10.0. The van der Waals surface area contributed by atoms with Crippen LogP contribution in [0.3, 0.4) is 0 Å². The maximum absolute atomic E-state index is 13.6. The van der Waals surface area contributed by atoms with Crippen LogP contribution in [0.25, 0.3) is 16.6 Å². The first-order valence-electron chi connectivity index (χ1n) is 13.5. The molecular formula is C30H33N7O2. The van der Waals surface area contributed by atoms with Gasteiger partial charge in [-0.3, -0.25) is 9.48 Å². The molecule has 1 amide bonds. The molecule has 1 saturated heterocycles. The van der Waals surface area contributed by atoms with Crippen LogP contribution < -0.4 is 20.3 Å². The number of ether oxygens (including phenoxy) is 1. The Hall–Kier alpha value is -4.37. The number of para-hydroxylation sites is 1. The molecule has 0 atom stereocenters. The van der Waals surface area contributed by atoms with Gasteiger partial charge in [-0.05, 0) is 50.6 Å². The van der Waals surface area contributed by atoms with Crippen LogP contribution >= 0.6 is 0 Å². The zero-order valence-electron chi connectivity index (χ0n) is 22.5. The minimum Gasteiger partial charge on any atom is -0.453 e. The van der Waals surface area contributed by atoms with Gasteiger partial charge in [0.15, 0.2) is 11.4 Å².